The Labute approximate surface area is 134 Å². The van der Waals surface area contributed by atoms with Gasteiger partial charge in [-0.15, -0.1) is 5.10 Å². The van der Waals surface area contributed by atoms with E-state index < -0.39 is 24.1 Å². The molecular formula is C15H11F2N5O2. The summed E-state index contributed by atoms with van der Waals surface area (Å²) < 4.78 is 33.6. The maximum atomic E-state index is 13.8. The Balaban J connectivity index is 1.68. The zero-order valence-electron chi connectivity index (χ0n) is 12.2. The van der Waals surface area contributed by atoms with Crippen LogP contribution in [0.4, 0.5) is 14.5 Å². The monoisotopic (exact) mass is 331 g/mol. The first-order chi connectivity index (χ1) is 11.6. The predicted molar refractivity (Wildman–Crippen MR) is 79.6 cm³/mol. The highest BCUT2D eigenvalue weighted by atomic mass is 19.1. The summed E-state index contributed by atoms with van der Waals surface area (Å²) in [6.45, 7) is -0.463. The first-order valence-electron chi connectivity index (χ1n) is 6.83. The lowest BCUT2D eigenvalue weighted by Crippen LogP contribution is -2.21. The van der Waals surface area contributed by atoms with Gasteiger partial charge in [0.25, 0.3) is 5.91 Å². The summed E-state index contributed by atoms with van der Waals surface area (Å²) in [5, 5.41) is 13.0. The zero-order chi connectivity index (χ0) is 16.9. The summed E-state index contributed by atoms with van der Waals surface area (Å²) in [5.74, 6) is -1.91. The van der Waals surface area contributed by atoms with Crippen LogP contribution in [-0.4, -0.2) is 32.7 Å². The number of nitrogens with one attached hydrogen (secondary N) is 1. The van der Waals surface area contributed by atoms with Crippen LogP contribution in [0.15, 0.2) is 48.8 Å². The summed E-state index contributed by atoms with van der Waals surface area (Å²) in [7, 11) is 0. The van der Waals surface area contributed by atoms with Crippen LogP contribution in [-0.2, 0) is 4.79 Å². The molecule has 0 fully saturated rings. The van der Waals surface area contributed by atoms with E-state index in [4.69, 9.17) is 4.74 Å². The van der Waals surface area contributed by atoms with E-state index in [-0.39, 0.29) is 11.4 Å². The SMILES string of the molecule is O=C(COc1ccccc1F)Nc1cc(-n2cnnn2)ccc1F. The number of carbonyl (C=O) groups excluding carboxylic acids is 1. The molecule has 1 heterocycles. The summed E-state index contributed by atoms with van der Waals surface area (Å²) in [6.07, 6.45) is 1.33. The first kappa shape index (κ1) is 15.5. The van der Waals surface area contributed by atoms with Gasteiger partial charge in [0.05, 0.1) is 11.4 Å². The molecule has 122 valence electrons. The standard InChI is InChI=1S/C15H11F2N5O2/c16-11-6-5-10(22-9-18-20-21-22)7-13(11)19-15(23)8-24-14-4-2-1-3-12(14)17/h1-7,9H,8H2,(H,19,23). The van der Waals surface area contributed by atoms with Gasteiger partial charge in [-0.25, -0.2) is 13.5 Å². The molecule has 3 rings (SSSR count). The van der Waals surface area contributed by atoms with Gasteiger partial charge in [0.1, 0.15) is 12.1 Å². The molecule has 0 radical (unpaired) electrons. The topological polar surface area (TPSA) is 81.9 Å². The van der Waals surface area contributed by atoms with E-state index in [0.717, 1.165) is 0 Å². The number of para-hydroxylation sites is 1. The van der Waals surface area contributed by atoms with E-state index in [1.807, 2.05) is 0 Å². The molecule has 7 nitrogen and oxygen atoms in total. The minimum absolute atomic E-state index is 0.0597. The van der Waals surface area contributed by atoms with Crippen molar-refractivity contribution in [2.45, 2.75) is 0 Å². The molecule has 0 saturated carbocycles. The summed E-state index contributed by atoms with van der Waals surface area (Å²) >= 11 is 0. The molecule has 0 saturated heterocycles. The van der Waals surface area contributed by atoms with Gasteiger partial charge in [0, 0.05) is 0 Å². The average Bonchev–Trinajstić information content (AvgIpc) is 3.11. The van der Waals surface area contributed by atoms with Gasteiger partial charge >= 0.3 is 0 Å². The molecule has 0 aliphatic rings. The van der Waals surface area contributed by atoms with E-state index in [2.05, 4.69) is 20.8 Å². The van der Waals surface area contributed by atoms with Gasteiger partial charge in [0.15, 0.2) is 18.2 Å². The van der Waals surface area contributed by atoms with E-state index in [9.17, 15) is 13.6 Å². The summed E-state index contributed by atoms with van der Waals surface area (Å²) in [5.41, 5.74) is 0.400. The van der Waals surface area contributed by atoms with Crippen molar-refractivity contribution in [3.8, 4) is 11.4 Å². The smallest absolute Gasteiger partial charge is 0.262 e. The fourth-order valence-electron chi connectivity index (χ4n) is 1.92. The zero-order valence-corrected chi connectivity index (χ0v) is 12.2. The second-order valence-electron chi connectivity index (χ2n) is 4.69. The van der Waals surface area contributed by atoms with Gasteiger partial charge in [-0.2, -0.15) is 0 Å². The number of halogens is 2. The van der Waals surface area contributed by atoms with Crippen molar-refractivity contribution in [1.82, 2.24) is 20.2 Å². The molecule has 1 aromatic heterocycles. The van der Waals surface area contributed by atoms with Crippen molar-refractivity contribution < 1.29 is 18.3 Å². The van der Waals surface area contributed by atoms with Crippen molar-refractivity contribution >= 4 is 11.6 Å². The number of rotatable bonds is 5. The number of anilines is 1. The molecule has 0 aliphatic heterocycles. The molecule has 2 aromatic carbocycles. The Kier molecular flexibility index (Phi) is 4.41. The molecule has 0 unspecified atom stereocenters. The third-order valence-electron chi connectivity index (χ3n) is 3.03. The lowest BCUT2D eigenvalue weighted by atomic mass is 10.2. The van der Waals surface area contributed by atoms with E-state index in [0.29, 0.717) is 5.69 Å². The summed E-state index contributed by atoms with van der Waals surface area (Å²) in [6, 6.07) is 9.67. The molecule has 0 bridgehead atoms. The molecule has 0 aliphatic carbocycles. The normalized spacial score (nSPS) is 10.4. The molecule has 1 amide bonds. The average molecular weight is 331 g/mol. The predicted octanol–water partition coefficient (Wildman–Crippen LogP) is 1.96. The summed E-state index contributed by atoms with van der Waals surface area (Å²) in [4.78, 5) is 11.9. The number of benzene rings is 2. The Hall–Kier alpha value is -3.36. The van der Waals surface area contributed by atoms with Crippen LogP contribution < -0.4 is 10.1 Å². The number of nitrogens with zero attached hydrogens (tertiary/aromatic N) is 4. The third kappa shape index (κ3) is 3.51. The molecule has 1 N–H and O–H groups in total. The van der Waals surface area contributed by atoms with Crippen molar-refractivity contribution in [3.05, 3.63) is 60.4 Å². The number of carbonyl (C=O) groups is 1. The van der Waals surface area contributed by atoms with Gasteiger partial charge in [0.2, 0.25) is 0 Å². The lowest BCUT2D eigenvalue weighted by Gasteiger charge is -2.10. The van der Waals surface area contributed by atoms with E-state index in [1.165, 1.54) is 47.4 Å². The number of aromatic nitrogens is 4. The van der Waals surface area contributed by atoms with Gasteiger partial charge in [-0.1, -0.05) is 12.1 Å². The van der Waals surface area contributed by atoms with Crippen molar-refractivity contribution in [2.75, 3.05) is 11.9 Å². The van der Waals surface area contributed by atoms with Crippen LogP contribution >= 0.6 is 0 Å². The highest BCUT2D eigenvalue weighted by Crippen LogP contribution is 2.19. The van der Waals surface area contributed by atoms with Crippen LogP contribution in [0.5, 0.6) is 5.75 Å². The van der Waals surface area contributed by atoms with Crippen molar-refractivity contribution in [1.29, 1.82) is 0 Å². The molecule has 3 aromatic rings. The quantitative estimate of drug-likeness (QED) is 0.773. The Morgan fingerprint density at radius 1 is 1.17 bits per heavy atom. The first-order valence-corrected chi connectivity index (χ1v) is 6.83. The minimum Gasteiger partial charge on any atom is -0.481 e. The van der Waals surface area contributed by atoms with Crippen LogP contribution in [0.1, 0.15) is 0 Å². The largest absolute Gasteiger partial charge is 0.481 e. The van der Waals surface area contributed by atoms with Crippen molar-refractivity contribution in [3.63, 3.8) is 0 Å². The molecule has 0 atom stereocenters. The molecule has 9 heteroatoms. The highest BCUT2D eigenvalue weighted by Gasteiger charge is 2.11. The van der Waals surface area contributed by atoms with Crippen LogP contribution in [0.2, 0.25) is 0 Å². The molecular weight excluding hydrogens is 320 g/mol. The number of amides is 1. The second-order valence-corrected chi connectivity index (χ2v) is 4.69. The fourth-order valence-corrected chi connectivity index (χ4v) is 1.92. The van der Waals surface area contributed by atoms with Crippen molar-refractivity contribution in [2.24, 2.45) is 0 Å². The van der Waals surface area contributed by atoms with Crippen LogP contribution in [0.25, 0.3) is 5.69 Å². The third-order valence-corrected chi connectivity index (χ3v) is 3.03. The highest BCUT2D eigenvalue weighted by molar-refractivity contribution is 5.92. The maximum Gasteiger partial charge on any atom is 0.262 e. The van der Waals surface area contributed by atoms with E-state index >= 15 is 0 Å². The van der Waals surface area contributed by atoms with Gasteiger partial charge < -0.3 is 10.1 Å². The van der Waals surface area contributed by atoms with Gasteiger partial charge in [-0.05, 0) is 40.8 Å². The Bertz CT molecular complexity index is 855. The Morgan fingerprint density at radius 2 is 2.00 bits per heavy atom. The fraction of sp³-hybridized carbons (Fsp3) is 0.0667. The second kappa shape index (κ2) is 6.82. The molecule has 24 heavy (non-hydrogen) atoms. The molecule has 0 spiro atoms. The number of tetrazole rings is 1. The number of ether oxygens (including phenoxy) is 1. The van der Waals surface area contributed by atoms with Gasteiger partial charge in [-0.3, -0.25) is 4.79 Å². The van der Waals surface area contributed by atoms with E-state index in [1.54, 1.807) is 6.07 Å². The number of hydrogen-bond donors (Lipinski definition) is 1. The lowest BCUT2D eigenvalue weighted by molar-refractivity contribution is -0.118. The number of hydrogen-bond acceptors (Lipinski definition) is 5. The Morgan fingerprint density at radius 3 is 2.75 bits per heavy atom. The van der Waals surface area contributed by atoms with Crippen LogP contribution in [0, 0.1) is 11.6 Å². The van der Waals surface area contributed by atoms with Crippen LogP contribution in [0.3, 0.4) is 0 Å². The maximum absolute atomic E-state index is 13.8. The minimum atomic E-state index is -0.633.